The molecule has 0 spiro atoms. The Kier molecular flexibility index (Phi) is 3.19. The number of aliphatic hydroxyl groups excluding tert-OH is 1. The highest BCUT2D eigenvalue weighted by Crippen LogP contribution is 2.18. The average molecular weight is 188 g/mol. The average Bonchev–Trinajstić information content (AvgIpc) is 2.04. The first-order valence-electron chi connectivity index (χ1n) is 3.82. The van der Waals surface area contributed by atoms with Crippen LogP contribution in [-0.2, 0) is 0 Å². The molecule has 0 amide bonds. The van der Waals surface area contributed by atoms with Gasteiger partial charge in [-0.3, -0.25) is 0 Å². The van der Waals surface area contributed by atoms with E-state index in [-0.39, 0.29) is 5.75 Å². The normalized spacial score (nSPS) is 13.0. The van der Waals surface area contributed by atoms with Crippen LogP contribution in [0.4, 0.5) is 8.78 Å². The largest absolute Gasteiger partial charge is 0.435 e. The second kappa shape index (κ2) is 4.18. The summed E-state index contributed by atoms with van der Waals surface area (Å²) in [5, 5.41) is 9.11. The molecule has 1 aromatic rings. The van der Waals surface area contributed by atoms with Crippen molar-refractivity contribution in [3.63, 3.8) is 0 Å². The minimum Gasteiger partial charge on any atom is -0.435 e. The van der Waals surface area contributed by atoms with E-state index in [0.29, 0.717) is 5.56 Å². The van der Waals surface area contributed by atoms with Crippen molar-refractivity contribution in [1.29, 1.82) is 0 Å². The zero-order valence-corrected chi connectivity index (χ0v) is 7.08. The van der Waals surface area contributed by atoms with E-state index in [4.69, 9.17) is 5.11 Å². The molecule has 72 valence electrons. The highest BCUT2D eigenvalue weighted by Gasteiger charge is 2.04. The molecular formula is C9H10F2O2. The second-order valence-electron chi connectivity index (χ2n) is 2.62. The van der Waals surface area contributed by atoms with E-state index in [1.165, 1.54) is 12.1 Å². The summed E-state index contributed by atoms with van der Waals surface area (Å²) in [4.78, 5) is 0. The maximum absolute atomic E-state index is 11.7. The lowest BCUT2D eigenvalue weighted by Crippen LogP contribution is -2.01. The van der Waals surface area contributed by atoms with E-state index < -0.39 is 12.7 Å². The molecule has 1 aromatic carbocycles. The molecule has 1 N–H and O–H groups in total. The smallest absolute Gasteiger partial charge is 0.387 e. The van der Waals surface area contributed by atoms with Crippen LogP contribution in [0.15, 0.2) is 24.3 Å². The summed E-state index contributed by atoms with van der Waals surface area (Å²) in [6.45, 7) is -1.21. The Hall–Kier alpha value is -1.16. The number of hydrogen-bond acceptors (Lipinski definition) is 2. The van der Waals surface area contributed by atoms with Crippen molar-refractivity contribution in [1.82, 2.24) is 0 Å². The molecule has 0 heterocycles. The van der Waals surface area contributed by atoms with Crippen LogP contribution < -0.4 is 4.74 Å². The van der Waals surface area contributed by atoms with E-state index >= 15 is 0 Å². The maximum Gasteiger partial charge on any atom is 0.387 e. The Balaban J connectivity index is 2.70. The molecular weight excluding hydrogens is 178 g/mol. The number of benzene rings is 1. The predicted octanol–water partition coefficient (Wildman–Crippen LogP) is 2.34. The van der Waals surface area contributed by atoms with Crippen LogP contribution >= 0.6 is 0 Å². The molecule has 0 aliphatic rings. The van der Waals surface area contributed by atoms with Crippen molar-refractivity contribution in [2.45, 2.75) is 19.6 Å². The minimum absolute atomic E-state index is 0.0967. The summed E-state index contributed by atoms with van der Waals surface area (Å²) < 4.78 is 27.5. The van der Waals surface area contributed by atoms with Crippen LogP contribution in [0.5, 0.6) is 5.75 Å². The second-order valence-corrected chi connectivity index (χ2v) is 2.62. The van der Waals surface area contributed by atoms with E-state index in [1.54, 1.807) is 19.1 Å². The van der Waals surface area contributed by atoms with Crippen LogP contribution in [-0.4, -0.2) is 11.7 Å². The molecule has 0 saturated carbocycles. The Morgan fingerprint density at radius 1 is 1.23 bits per heavy atom. The topological polar surface area (TPSA) is 29.5 Å². The lowest BCUT2D eigenvalue weighted by molar-refractivity contribution is -0.0498. The monoisotopic (exact) mass is 188 g/mol. The molecule has 0 fully saturated rings. The van der Waals surface area contributed by atoms with Gasteiger partial charge in [-0.25, -0.2) is 0 Å². The molecule has 1 rings (SSSR count). The molecule has 0 aromatic heterocycles. The molecule has 0 bridgehead atoms. The van der Waals surface area contributed by atoms with Crippen molar-refractivity contribution in [3.05, 3.63) is 29.8 Å². The summed E-state index contributed by atoms with van der Waals surface area (Å²) in [6, 6.07) is 5.88. The number of halogens is 2. The third kappa shape index (κ3) is 2.99. The summed E-state index contributed by atoms with van der Waals surface area (Å²) in [7, 11) is 0. The summed E-state index contributed by atoms with van der Waals surface area (Å²) in [5.41, 5.74) is 0.668. The lowest BCUT2D eigenvalue weighted by Gasteiger charge is -2.06. The zero-order valence-electron chi connectivity index (χ0n) is 7.08. The van der Waals surface area contributed by atoms with E-state index in [1.807, 2.05) is 0 Å². The van der Waals surface area contributed by atoms with Gasteiger partial charge in [0.05, 0.1) is 6.10 Å². The van der Waals surface area contributed by atoms with E-state index in [2.05, 4.69) is 4.74 Å². The summed E-state index contributed by atoms with van der Waals surface area (Å²) >= 11 is 0. The van der Waals surface area contributed by atoms with Gasteiger partial charge in [-0.1, -0.05) is 12.1 Å². The van der Waals surface area contributed by atoms with Gasteiger partial charge in [0, 0.05) is 0 Å². The van der Waals surface area contributed by atoms with Gasteiger partial charge in [0.15, 0.2) is 0 Å². The van der Waals surface area contributed by atoms with Gasteiger partial charge in [0.2, 0.25) is 0 Å². The molecule has 1 unspecified atom stereocenters. The van der Waals surface area contributed by atoms with E-state index in [0.717, 1.165) is 0 Å². The van der Waals surface area contributed by atoms with E-state index in [9.17, 15) is 8.78 Å². The Bertz CT molecular complexity index is 257. The standard InChI is InChI=1S/C9H10F2O2/c1-6(12)7-2-4-8(5-3-7)13-9(10)11/h2-6,9,12H,1H3. The van der Waals surface area contributed by atoms with Gasteiger partial charge in [-0.05, 0) is 24.6 Å². The van der Waals surface area contributed by atoms with Crippen LogP contribution in [0.1, 0.15) is 18.6 Å². The summed E-state index contributed by atoms with van der Waals surface area (Å²) in [6.07, 6.45) is -0.597. The third-order valence-corrected chi connectivity index (χ3v) is 1.59. The van der Waals surface area contributed by atoms with Gasteiger partial charge in [0.1, 0.15) is 5.75 Å². The number of alkyl halides is 2. The molecule has 13 heavy (non-hydrogen) atoms. The van der Waals surface area contributed by atoms with Gasteiger partial charge >= 0.3 is 6.61 Å². The number of rotatable bonds is 3. The maximum atomic E-state index is 11.7. The lowest BCUT2D eigenvalue weighted by atomic mass is 10.1. The van der Waals surface area contributed by atoms with Crippen LogP contribution in [0, 0.1) is 0 Å². The Labute approximate surface area is 74.8 Å². The SMILES string of the molecule is CC(O)c1ccc(OC(F)F)cc1. The van der Waals surface area contributed by atoms with Crippen molar-refractivity contribution < 1.29 is 18.6 Å². The van der Waals surface area contributed by atoms with Crippen LogP contribution in [0.2, 0.25) is 0 Å². The Morgan fingerprint density at radius 3 is 2.15 bits per heavy atom. The van der Waals surface area contributed by atoms with Crippen molar-refractivity contribution in [2.75, 3.05) is 0 Å². The number of ether oxygens (including phenoxy) is 1. The molecule has 0 aliphatic carbocycles. The van der Waals surface area contributed by atoms with Crippen molar-refractivity contribution >= 4 is 0 Å². The van der Waals surface area contributed by atoms with Crippen molar-refractivity contribution in [2.24, 2.45) is 0 Å². The van der Waals surface area contributed by atoms with Gasteiger partial charge in [-0.15, -0.1) is 0 Å². The molecule has 4 heteroatoms. The first kappa shape index (κ1) is 9.92. The zero-order chi connectivity index (χ0) is 9.84. The minimum atomic E-state index is -2.81. The van der Waals surface area contributed by atoms with Gasteiger partial charge in [-0.2, -0.15) is 8.78 Å². The fourth-order valence-corrected chi connectivity index (χ4v) is 0.928. The fourth-order valence-electron chi connectivity index (χ4n) is 0.928. The van der Waals surface area contributed by atoms with Crippen LogP contribution in [0.3, 0.4) is 0 Å². The molecule has 2 nitrogen and oxygen atoms in total. The highest BCUT2D eigenvalue weighted by atomic mass is 19.3. The highest BCUT2D eigenvalue weighted by molar-refractivity contribution is 5.28. The molecule has 1 atom stereocenters. The first-order chi connectivity index (χ1) is 6.09. The third-order valence-electron chi connectivity index (χ3n) is 1.59. The first-order valence-corrected chi connectivity index (χ1v) is 3.82. The molecule has 0 radical (unpaired) electrons. The van der Waals surface area contributed by atoms with Gasteiger partial charge < -0.3 is 9.84 Å². The van der Waals surface area contributed by atoms with Gasteiger partial charge in [0.25, 0.3) is 0 Å². The molecule has 0 aliphatic heterocycles. The quantitative estimate of drug-likeness (QED) is 0.788. The Morgan fingerprint density at radius 2 is 1.77 bits per heavy atom. The predicted molar refractivity (Wildman–Crippen MR) is 43.7 cm³/mol. The number of aliphatic hydroxyl groups is 1. The van der Waals surface area contributed by atoms with Crippen LogP contribution in [0.25, 0.3) is 0 Å². The molecule has 0 saturated heterocycles. The summed E-state index contributed by atoms with van der Waals surface area (Å²) in [5.74, 6) is 0.0967. The fraction of sp³-hybridized carbons (Fsp3) is 0.333. The number of hydrogen-bond donors (Lipinski definition) is 1. The van der Waals surface area contributed by atoms with Crippen molar-refractivity contribution in [3.8, 4) is 5.75 Å².